The molecule has 0 aromatic heterocycles. The summed E-state index contributed by atoms with van der Waals surface area (Å²) >= 11 is 0. The van der Waals surface area contributed by atoms with Gasteiger partial charge in [0.05, 0.1) is 26.2 Å². The van der Waals surface area contributed by atoms with Crippen LogP contribution in [0.5, 0.6) is 5.75 Å². The van der Waals surface area contributed by atoms with Crippen molar-refractivity contribution in [1.82, 2.24) is 20.4 Å². The lowest BCUT2D eigenvalue weighted by Crippen LogP contribution is -2.47. The molecule has 14 nitrogen and oxygen atoms in total. The van der Waals surface area contributed by atoms with Crippen LogP contribution in [0.25, 0.3) is 0 Å². The van der Waals surface area contributed by atoms with Crippen LogP contribution in [0, 0.1) is 0 Å². The first kappa shape index (κ1) is 32.3. The van der Waals surface area contributed by atoms with E-state index >= 15 is 0 Å². The van der Waals surface area contributed by atoms with Crippen LogP contribution >= 0.6 is 0 Å². The van der Waals surface area contributed by atoms with E-state index in [1.54, 1.807) is 60.8 Å². The van der Waals surface area contributed by atoms with Gasteiger partial charge in [-0.25, -0.2) is 19.2 Å². The average Bonchev–Trinajstić information content (AvgIpc) is 3.36. The van der Waals surface area contributed by atoms with E-state index in [0.717, 1.165) is 10.5 Å². The van der Waals surface area contributed by atoms with Crippen molar-refractivity contribution < 1.29 is 47.7 Å². The second kappa shape index (κ2) is 13.2. The monoisotopic (exact) mass is 592 g/mol. The number of likely N-dealkylation sites (tertiary alicyclic amines) is 1. The highest BCUT2D eigenvalue weighted by atomic mass is 16.7. The summed E-state index contributed by atoms with van der Waals surface area (Å²) in [6.07, 6.45) is -4.55. The molecule has 0 saturated carbocycles. The molecule has 0 bridgehead atoms. The summed E-state index contributed by atoms with van der Waals surface area (Å²) in [7, 11) is 1.54. The van der Waals surface area contributed by atoms with Gasteiger partial charge >= 0.3 is 24.4 Å². The van der Waals surface area contributed by atoms with Gasteiger partial charge in [0.15, 0.2) is 12.2 Å². The maximum atomic E-state index is 13.3. The van der Waals surface area contributed by atoms with Crippen molar-refractivity contribution in [3.8, 4) is 5.75 Å². The predicted octanol–water partition coefficient (Wildman–Crippen LogP) is 2.82. The molecule has 1 aromatic carbocycles. The molecule has 3 rings (SSSR count). The molecule has 2 N–H and O–H groups in total. The fraction of sp³-hybridized carbons (Fsp3) is 0.607. The van der Waals surface area contributed by atoms with E-state index in [9.17, 15) is 24.0 Å². The lowest BCUT2D eigenvalue weighted by Gasteiger charge is -2.30. The van der Waals surface area contributed by atoms with Gasteiger partial charge < -0.3 is 34.3 Å². The Balaban J connectivity index is 1.84. The van der Waals surface area contributed by atoms with Crippen molar-refractivity contribution in [3.63, 3.8) is 0 Å². The van der Waals surface area contributed by atoms with Gasteiger partial charge in [-0.05, 0) is 65.7 Å². The van der Waals surface area contributed by atoms with Crippen LogP contribution in [0.3, 0.4) is 0 Å². The van der Waals surface area contributed by atoms with Gasteiger partial charge in [0.2, 0.25) is 5.91 Å². The number of carbonyl (C=O) groups excluding carboxylic acids is 5. The zero-order chi connectivity index (χ0) is 31.2. The number of carbonyl (C=O) groups is 5. The third kappa shape index (κ3) is 9.14. The van der Waals surface area contributed by atoms with E-state index in [1.807, 2.05) is 12.1 Å². The van der Waals surface area contributed by atoms with Gasteiger partial charge in [-0.3, -0.25) is 14.6 Å². The zero-order valence-electron chi connectivity index (χ0n) is 25.1. The van der Waals surface area contributed by atoms with Crippen LogP contribution in [-0.2, 0) is 30.2 Å². The number of nitrogens with one attached hydrogen (secondary N) is 2. The molecular weight excluding hydrogens is 552 g/mol. The molecule has 42 heavy (non-hydrogen) atoms. The third-order valence-corrected chi connectivity index (χ3v) is 6.18. The molecular formula is C28H40N4O10. The van der Waals surface area contributed by atoms with Crippen molar-refractivity contribution in [1.29, 1.82) is 0 Å². The Morgan fingerprint density at radius 2 is 1.62 bits per heavy atom. The minimum atomic E-state index is -1.12. The summed E-state index contributed by atoms with van der Waals surface area (Å²) in [4.78, 5) is 64.8. The topological polar surface area (TPSA) is 162 Å². The Bertz CT molecular complexity index is 1140. The molecule has 2 saturated heterocycles. The van der Waals surface area contributed by atoms with E-state index in [-0.39, 0.29) is 32.6 Å². The van der Waals surface area contributed by atoms with Crippen molar-refractivity contribution in [2.24, 2.45) is 0 Å². The van der Waals surface area contributed by atoms with Crippen molar-refractivity contribution in [3.05, 3.63) is 29.8 Å². The number of hydrogen-bond donors (Lipinski definition) is 2. The highest BCUT2D eigenvalue weighted by Gasteiger charge is 2.50. The number of alkyl carbamates (subject to hydrolysis) is 1. The number of ether oxygens (including phenoxy) is 5. The highest BCUT2D eigenvalue weighted by molar-refractivity contribution is 6.01. The molecule has 2 fully saturated rings. The average molecular weight is 593 g/mol. The van der Waals surface area contributed by atoms with E-state index in [1.165, 1.54) is 4.90 Å². The molecule has 2 aliphatic heterocycles. The fourth-order valence-electron chi connectivity index (χ4n) is 4.39. The smallest absolute Gasteiger partial charge is 0.497 e. The Hall–Kier alpha value is -4.23. The summed E-state index contributed by atoms with van der Waals surface area (Å²) in [5.74, 6) is 0.224. The minimum Gasteiger partial charge on any atom is -0.497 e. The third-order valence-electron chi connectivity index (χ3n) is 6.18. The summed E-state index contributed by atoms with van der Waals surface area (Å²) < 4.78 is 27.5. The SMILES string of the molecule is COc1ccc(C[C@@H]2[C@H](OC(=O)NCCN3C(=O)CNC3=O)[C@@H](OC(=O)OC(C)(C)C)CN2C(=O)OC(C)(C)C)cc1. The lowest BCUT2D eigenvalue weighted by atomic mass is 10.0. The van der Waals surface area contributed by atoms with Gasteiger partial charge in [0, 0.05) is 13.1 Å². The van der Waals surface area contributed by atoms with Crippen LogP contribution in [0.1, 0.15) is 47.1 Å². The normalized spacial score (nSPS) is 20.6. The summed E-state index contributed by atoms with van der Waals surface area (Å²) in [5, 5.41) is 4.91. The van der Waals surface area contributed by atoms with E-state index in [0.29, 0.717) is 5.75 Å². The van der Waals surface area contributed by atoms with E-state index in [2.05, 4.69) is 10.6 Å². The molecule has 5 amide bonds. The molecule has 0 unspecified atom stereocenters. The second-order valence-corrected chi connectivity index (χ2v) is 11.9. The van der Waals surface area contributed by atoms with Crippen LogP contribution in [0.2, 0.25) is 0 Å². The summed E-state index contributed by atoms with van der Waals surface area (Å²) in [5.41, 5.74) is -0.880. The maximum Gasteiger partial charge on any atom is 0.509 e. The second-order valence-electron chi connectivity index (χ2n) is 11.9. The first-order valence-corrected chi connectivity index (χ1v) is 13.6. The zero-order valence-corrected chi connectivity index (χ0v) is 25.1. The highest BCUT2D eigenvalue weighted by Crippen LogP contribution is 2.30. The lowest BCUT2D eigenvalue weighted by molar-refractivity contribution is -0.124. The Morgan fingerprint density at radius 3 is 2.17 bits per heavy atom. The van der Waals surface area contributed by atoms with Crippen molar-refractivity contribution in [2.45, 2.75) is 77.4 Å². The quantitative estimate of drug-likeness (QED) is 0.261. The maximum absolute atomic E-state index is 13.3. The molecule has 3 atom stereocenters. The van der Waals surface area contributed by atoms with Crippen molar-refractivity contribution >= 4 is 30.3 Å². The minimum absolute atomic E-state index is 0.0679. The number of nitrogens with zero attached hydrogens (tertiary/aromatic N) is 2. The number of rotatable bonds is 8. The summed E-state index contributed by atoms with van der Waals surface area (Å²) in [6.45, 7) is 9.81. The largest absolute Gasteiger partial charge is 0.509 e. The number of amides is 5. The Kier molecular flexibility index (Phi) is 10.1. The first-order chi connectivity index (χ1) is 19.6. The fourth-order valence-corrected chi connectivity index (χ4v) is 4.39. The molecule has 1 aromatic rings. The number of imide groups is 1. The van der Waals surface area contributed by atoms with E-state index in [4.69, 9.17) is 23.7 Å². The molecule has 2 heterocycles. The van der Waals surface area contributed by atoms with Gasteiger partial charge in [0.1, 0.15) is 17.0 Å². The van der Waals surface area contributed by atoms with Gasteiger partial charge in [0.25, 0.3) is 0 Å². The van der Waals surface area contributed by atoms with Crippen LogP contribution in [0.15, 0.2) is 24.3 Å². The molecule has 14 heteroatoms. The number of urea groups is 1. The van der Waals surface area contributed by atoms with Gasteiger partial charge in [-0.15, -0.1) is 0 Å². The van der Waals surface area contributed by atoms with Crippen molar-refractivity contribution in [2.75, 3.05) is 33.3 Å². The molecule has 232 valence electrons. The van der Waals surface area contributed by atoms with Gasteiger partial charge in [-0.2, -0.15) is 0 Å². The number of hydrogen-bond acceptors (Lipinski definition) is 10. The standard InChI is InChI=1S/C28H40N4O10/c1-27(2,3)41-25(36)32-16-20(39-26(37)42-28(4,5)6)22(19(32)14-17-8-10-18(38-7)11-9-17)40-24(35)29-12-13-31-21(33)15-30-23(31)34/h8-11,19-20,22H,12-16H2,1-7H3,(H,29,35)(H,30,34)/t19-,20+,22+/m1/s1. The Labute approximate surface area is 244 Å². The van der Waals surface area contributed by atoms with Crippen LogP contribution in [-0.4, -0.2) is 103 Å². The van der Waals surface area contributed by atoms with Crippen LogP contribution < -0.4 is 15.4 Å². The van der Waals surface area contributed by atoms with Gasteiger partial charge in [-0.1, -0.05) is 12.1 Å². The Morgan fingerprint density at radius 1 is 0.976 bits per heavy atom. The van der Waals surface area contributed by atoms with Crippen LogP contribution in [0.4, 0.5) is 19.2 Å². The molecule has 0 aliphatic carbocycles. The molecule has 0 radical (unpaired) electrons. The van der Waals surface area contributed by atoms with E-state index < -0.39 is 59.7 Å². The number of methoxy groups -OCH3 is 1. The first-order valence-electron chi connectivity index (χ1n) is 13.6. The molecule has 2 aliphatic rings. The number of benzene rings is 1. The predicted molar refractivity (Wildman–Crippen MR) is 148 cm³/mol. The summed E-state index contributed by atoms with van der Waals surface area (Å²) in [6, 6.07) is 5.79. The molecule has 0 spiro atoms.